The number of nitrogens with zero attached hydrogens (tertiary/aromatic N) is 1. The number of hydrogen-bond acceptors (Lipinski definition) is 3. The standard InChI is InChI=1S/C12H17FN2O/c1-16-12-3-2-10(8-11(12)13)9-15-6-4-14-5-7-15/h2-3,8,14H,4-7,9H2,1H3. The quantitative estimate of drug-likeness (QED) is 0.836. The number of nitrogens with one attached hydrogen (secondary N) is 1. The lowest BCUT2D eigenvalue weighted by Gasteiger charge is -2.27. The van der Waals surface area contributed by atoms with Crippen LogP contribution >= 0.6 is 0 Å². The topological polar surface area (TPSA) is 24.5 Å². The maximum atomic E-state index is 13.4. The van der Waals surface area contributed by atoms with Crippen molar-refractivity contribution >= 4 is 0 Å². The SMILES string of the molecule is COc1ccc(CN2CCNCC2)cc1F. The van der Waals surface area contributed by atoms with Gasteiger partial charge in [-0.25, -0.2) is 4.39 Å². The Morgan fingerprint density at radius 3 is 2.75 bits per heavy atom. The first-order valence-electron chi connectivity index (χ1n) is 5.55. The Bertz CT molecular complexity index is 351. The maximum Gasteiger partial charge on any atom is 0.165 e. The Kier molecular flexibility index (Phi) is 3.74. The van der Waals surface area contributed by atoms with Gasteiger partial charge < -0.3 is 10.1 Å². The van der Waals surface area contributed by atoms with E-state index in [1.54, 1.807) is 12.1 Å². The van der Waals surface area contributed by atoms with Gasteiger partial charge in [-0.15, -0.1) is 0 Å². The summed E-state index contributed by atoms with van der Waals surface area (Å²) in [5.41, 5.74) is 1.00. The molecule has 16 heavy (non-hydrogen) atoms. The highest BCUT2D eigenvalue weighted by atomic mass is 19.1. The van der Waals surface area contributed by atoms with E-state index in [0.717, 1.165) is 38.3 Å². The molecular formula is C12H17FN2O. The van der Waals surface area contributed by atoms with Gasteiger partial charge in [0.2, 0.25) is 0 Å². The molecule has 1 saturated heterocycles. The van der Waals surface area contributed by atoms with Gasteiger partial charge in [-0.2, -0.15) is 0 Å². The summed E-state index contributed by atoms with van der Waals surface area (Å²) in [7, 11) is 1.48. The van der Waals surface area contributed by atoms with E-state index in [1.807, 2.05) is 6.07 Å². The van der Waals surface area contributed by atoms with Gasteiger partial charge in [-0.05, 0) is 17.7 Å². The lowest BCUT2D eigenvalue weighted by Crippen LogP contribution is -2.42. The first-order chi connectivity index (χ1) is 7.79. The van der Waals surface area contributed by atoms with E-state index < -0.39 is 0 Å². The molecule has 0 radical (unpaired) electrons. The van der Waals surface area contributed by atoms with Crippen LogP contribution in [0.2, 0.25) is 0 Å². The summed E-state index contributed by atoms with van der Waals surface area (Å²) in [6, 6.07) is 5.16. The molecule has 0 saturated carbocycles. The smallest absolute Gasteiger partial charge is 0.165 e. The van der Waals surface area contributed by atoms with Crippen molar-refractivity contribution < 1.29 is 9.13 Å². The Morgan fingerprint density at radius 2 is 2.12 bits per heavy atom. The molecule has 88 valence electrons. The lowest BCUT2D eigenvalue weighted by molar-refractivity contribution is 0.233. The summed E-state index contributed by atoms with van der Waals surface area (Å²) < 4.78 is 18.3. The Morgan fingerprint density at radius 1 is 1.38 bits per heavy atom. The zero-order valence-electron chi connectivity index (χ0n) is 9.50. The molecule has 1 fully saturated rings. The fourth-order valence-corrected chi connectivity index (χ4v) is 1.94. The molecule has 0 spiro atoms. The molecule has 1 aromatic carbocycles. The minimum atomic E-state index is -0.282. The molecule has 4 heteroatoms. The number of hydrogen-bond donors (Lipinski definition) is 1. The van der Waals surface area contributed by atoms with Crippen molar-refractivity contribution in [2.24, 2.45) is 0 Å². The molecule has 1 N–H and O–H groups in total. The van der Waals surface area contributed by atoms with Gasteiger partial charge in [-0.3, -0.25) is 4.90 Å². The molecule has 0 aromatic heterocycles. The van der Waals surface area contributed by atoms with Crippen molar-refractivity contribution in [3.8, 4) is 5.75 Å². The van der Waals surface area contributed by atoms with Gasteiger partial charge in [0, 0.05) is 32.7 Å². The Labute approximate surface area is 95.2 Å². The van der Waals surface area contributed by atoms with Crippen LogP contribution in [0, 0.1) is 5.82 Å². The summed E-state index contributed by atoms with van der Waals surface area (Å²) in [6.45, 7) is 4.88. The fraction of sp³-hybridized carbons (Fsp3) is 0.500. The Hall–Kier alpha value is -1.13. The van der Waals surface area contributed by atoms with Gasteiger partial charge in [0.1, 0.15) is 0 Å². The third-order valence-corrected chi connectivity index (χ3v) is 2.83. The van der Waals surface area contributed by atoms with E-state index in [9.17, 15) is 4.39 Å². The zero-order chi connectivity index (χ0) is 11.4. The van der Waals surface area contributed by atoms with Crippen molar-refractivity contribution in [3.05, 3.63) is 29.6 Å². The average molecular weight is 224 g/mol. The number of benzene rings is 1. The molecule has 0 atom stereocenters. The van der Waals surface area contributed by atoms with E-state index in [-0.39, 0.29) is 5.82 Å². The van der Waals surface area contributed by atoms with Crippen LogP contribution in [-0.4, -0.2) is 38.2 Å². The predicted molar refractivity (Wildman–Crippen MR) is 61.1 cm³/mol. The first-order valence-corrected chi connectivity index (χ1v) is 5.55. The van der Waals surface area contributed by atoms with Crippen molar-refractivity contribution in [1.82, 2.24) is 10.2 Å². The number of ether oxygens (including phenoxy) is 1. The van der Waals surface area contributed by atoms with Crippen LogP contribution in [0.3, 0.4) is 0 Å². The molecular weight excluding hydrogens is 207 g/mol. The van der Waals surface area contributed by atoms with Gasteiger partial charge in [0.15, 0.2) is 11.6 Å². The second kappa shape index (κ2) is 5.27. The number of methoxy groups -OCH3 is 1. The fourth-order valence-electron chi connectivity index (χ4n) is 1.94. The third-order valence-electron chi connectivity index (χ3n) is 2.83. The average Bonchev–Trinajstić information content (AvgIpc) is 2.31. The molecule has 1 aromatic rings. The molecule has 1 aliphatic heterocycles. The van der Waals surface area contributed by atoms with Crippen molar-refractivity contribution in [2.75, 3.05) is 33.3 Å². The minimum Gasteiger partial charge on any atom is -0.494 e. The lowest BCUT2D eigenvalue weighted by atomic mass is 10.2. The molecule has 0 bridgehead atoms. The van der Waals surface area contributed by atoms with Crippen LogP contribution in [0.15, 0.2) is 18.2 Å². The summed E-state index contributed by atoms with van der Waals surface area (Å²) in [6.07, 6.45) is 0. The van der Waals surface area contributed by atoms with Gasteiger partial charge in [0.05, 0.1) is 7.11 Å². The van der Waals surface area contributed by atoms with Crippen LogP contribution in [0.1, 0.15) is 5.56 Å². The monoisotopic (exact) mass is 224 g/mol. The van der Waals surface area contributed by atoms with E-state index in [4.69, 9.17) is 4.74 Å². The molecule has 3 nitrogen and oxygen atoms in total. The van der Waals surface area contributed by atoms with Crippen LogP contribution in [-0.2, 0) is 6.54 Å². The minimum absolute atomic E-state index is 0.282. The van der Waals surface area contributed by atoms with Gasteiger partial charge in [-0.1, -0.05) is 6.07 Å². The molecule has 0 amide bonds. The van der Waals surface area contributed by atoms with Gasteiger partial charge in [0.25, 0.3) is 0 Å². The van der Waals surface area contributed by atoms with Crippen LogP contribution in [0.5, 0.6) is 5.75 Å². The highest BCUT2D eigenvalue weighted by molar-refractivity contribution is 5.29. The molecule has 0 unspecified atom stereocenters. The van der Waals surface area contributed by atoms with E-state index in [2.05, 4.69) is 10.2 Å². The maximum absolute atomic E-state index is 13.4. The van der Waals surface area contributed by atoms with Crippen molar-refractivity contribution in [1.29, 1.82) is 0 Å². The van der Waals surface area contributed by atoms with Gasteiger partial charge >= 0.3 is 0 Å². The largest absolute Gasteiger partial charge is 0.494 e. The summed E-state index contributed by atoms with van der Waals surface area (Å²) in [4.78, 5) is 2.32. The third kappa shape index (κ3) is 2.71. The summed E-state index contributed by atoms with van der Waals surface area (Å²) in [5.74, 6) is 0.0270. The molecule has 2 rings (SSSR count). The number of halogens is 1. The molecule has 1 aliphatic rings. The van der Waals surface area contributed by atoms with Crippen LogP contribution in [0.25, 0.3) is 0 Å². The summed E-state index contributed by atoms with van der Waals surface area (Å²) >= 11 is 0. The van der Waals surface area contributed by atoms with E-state index in [0.29, 0.717) is 5.75 Å². The normalized spacial score (nSPS) is 17.4. The second-order valence-electron chi connectivity index (χ2n) is 4.00. The van der Waals surface area contributed by atoms with Crippen LogP contribution in [0.4, 0.5) is 4.39 Å². The van der Waals surface area contributed by atoms with Crippen molar-refractivity contribution in [3.63, 3.8) is 0 Å². The van der Waals surface area contributed by atoms with E-state index >= 15 is 0 Å². The predicted octanol–water partition coefficient (Wildman–Crippen LogP) is 1.24. The summed E-state index contributed by atoms with van der Waals surface area (Å²) in [5, 5.41) is 3.29. The second-order valence-corrected chi connectivity index (χ2v) is 4.00. The molecule has 0 aliphatic carbocycles. The number of rotatable bonds is 3. The number of piperazine rings is 1. The van der Waals surface area contributed by atoms with Crippen LogP contribution < -0.4 is 10.1 Å². The molecule has 1 heterocycles. The highest BCUT2D eigenvalue weighted by Crippen LogP contribution is 2.18. The zero-order valence-corrected chi connectivity index (χ0v) is 9.50. The van der Waals surface area contributed by atoms with E-state index in [1.165, 1.54) is 7.11 Å². The van der Waals surface area contributed by atoms with Crippen molar-refractivity contribution in [2.45, 2.75) is 6.54 Å². The highest BCUT2D eigenvalue weighted by Gasteiger charge is 2.11. The first kappa shape index (κ1) is 11.4. The Balaban J connectivity index is 2.01.